The third kappa shape index (κ3) is 5.55. The molecule has 0 spiro atoms. The molecule has 2 amide bonds. The van der Waals surface area contributed by atoms with E-state index >= 15 is 0 Å². The van der Waals surface area contributed by atoms with Gasteiger partial charge in [0, 0.05) is 32.6 Å². The molecular formula is C19H28N2O3. The first-order valence-corrected chi connectivity index (χ1v) is 8.70. The highest BCUT2D eigenvalue weighted by molar-refractivity contribution is 5.78. The van der Waals surface area contributed by atoms with E-state index in [0.29, 0.717) is 37.7 Å². The third-order valence-electron chi connectivity index (χ3n) is 4.17. The molecule has 1 aromatic carbocycles. The van der Waals surface area contributed by atoms with Gasteiger partial charge in [0.15, 0.2) is 6.61 Å². The van der Waals surface area contributed by atoms with E-state index in [0.717, 1.165) is 18.5 Å². The van der Waals surface area contributed by atoms with Gasteiger partial charge in [0.2, 0.25) is 5.91 Å². The molecule has 2 rings (SSSR count). The molecule has 24 heavy (non-hydrogen) atoms. The number of aryl methyl sites for hydroxylation is 1. The van der Waals surface area contributed by atoms with Crippen molar-refractivity contribution in [3.63, 3.8) is 0 Å². The Morgan fingerprint density at radius 3 is 2.17 bits per heavy atom. The second kappa shape index (κ2) is 8.71. The maximum Gasteiger partial charge on any atom is 0.260 e. The summed E-state index contributed by atoms with van der Waals surface area (Å²) in [7, 11) is 0. The van der Waals surface area contributed by atoms with Gasteiger partial charge in [-0.1, -0.05) is 31.5 Å². The van der Waals surface area contributed by atoms with E-state index in [4.69, 9.17) is 4.74 Å². The van der Waals surface area contributed by atoms with Gasteiger partial charge in [-0.05, 0) is 31.4 Å². The van der Waals surface area contributed by atoms with Crippen LogP contribution in [0, 0.1) is 12.8 Å². The van der Waals surface area contributed by atoms with Crippen LogP contribution in [0.1, 0.15) is 32.3 Å². The van der Waals surface area contributed by atoms with Crippen LogP contribution in [0.4, 0.5) is 0 Å². The fraction of sp³-hybridized carbons (Fsp3) is 0.579. The highest BCUT2D eigenvalue weighted by Gasteiger charge is 2.22. The molecule has 5 nitrogen and oxygen atoms in total. The summed E-state index contributed by atoms with van der Waals surface area (Å²) < 4.78 is 5.57. The molecule has 0 radical (unpaired) electrons. The molecule has 132 valence electrons. The summed E-state index contributed by atoms with van der Waals surface area (Å²) in [6.07, 6.45) is 1.39. The molecule has 1 aliphatic heterocycles. The van der Waals surface area contributed by atoms with Crippen molar-refractivity contribution in [3.8, 4) is 5.75 Å². The number of amides is 2. The third-order valence-corrected chi connectivity index (χ3v) is 4.17. The Kier molecular flexibility index (Phi) is 6.64. The van der Waals surface area contributed by atoms with Crippen LogP contribution in [0.25, 0.3) is 0 Å². The molecule has 0 unspecified atom stereocenters. The molecule has 1 saturated heterocycles. The van der Waals surface area contributed by atoms with E-state index in [1.54, 1.807) is 4.90 Å². The molecule has 1 aliphatic rings. The van der Waals surface area contributed by atoms with Crippen molar-refractivity contribution in [3.05, 3.63) is 29.8 Å². The molecule has 5 heteroatoms. The lowest BCUT2D eigenvalue weighted by atomic mass is 10.1. The van der Waals surface area contributed by atoms with E-state index < -0.39 is 0 Å². The number of benzene rings is 1. The summed E-state index contributed by atoms with van der Waals surface area (Å²) in [5, 5.41) is 0. The van der Waals surface area contributed by atoms with E-state index in [1.807, 2.05) is 49.9 Å². The van der Waals surface area contributed by atoms with E-state index in [2.05, 4.69) is 0 Å². The summed E-state index contributed by atoms with van der Waals surface area (Å²) in [6.45, 7) is 8.76. The minimum atomic E-state index is -0.0197. The molecule has 0 aromatic heterocycles. The van der Waals surface area contributed by atoms with Crippen LogP contribution in [0.2, 0.25) is 0 Å². The molecule has 1 fully saturated rings. The number of rotatable bonds is 5. The second-order valence-electron chi connectivity index (χ2n) is 6.81. The van der Waals surface area contributed by atoms with E-state index in [-0.39, 0.29) is 18.4 Å². The molecule has 1 heterocycles. The average molecular weight is 332 g/mol. The predicted molar refractivity (Wildman–Crippen MR) is 93.9 cm³/mol. The van der Waals surface area contributed by atoms with Crippen molar-refractivity contribution < 1.29 is 14.3 Å². The summed E-state index contributed by atoms with van der Waals surface area (Å²) in [5.41, 5.74) is 1.16. The molecule has 1 aromatic rings. The van der Waals surface area contributed by atoms with Gasteiger partial charge in [-0.15, -0.1) is 0 Å². The summed E-state index contributed by atoms with van der Waals surface area (Å²) in [6, 6.07) is 7.67. The Labute approximate surface area is 144 Å². The number of nitrogens with zero attached hydrogens (tertiary/aromatic N) is 2. The van der Waals surface area contributed by atoms with Crippen molar-refractivity contribution in [1.29, 1.82) is 0 Å². The minimum Gasteiger partial charge on any atom is -0.484 e. The van der Waals surface area contributed by atoms with Crippen molar-refractivity contribution in [1.82, 2.24) is 9.80 Å². The van der Waals surface area contributed by atoms with Crippen LogP contribution in [-0.2, 0) is 9.59 Å². The average Bonchev–Trinajstić information content (AvgIpc) is 2.79. The lowest BCUT2D eigenvalue weighted by molar-refractivity contribution is -0.135. The zero-order valence-electron chi connectivity index (χ0n) is 15.0. The van der Waals surface area contributed by atoms with Gasteiger partial charge in [0.05, 0.1) is 0 Å². The topological polar surface area (TPSA) is 49.9 Å². The monoisotopic (exact) mass is 332 g/mol. The Bertz CT molecular complexity index is 554. The van der Waals surface area contributed by atoms with Crippen LogP contribution in [0.15, 0.2) is 24.3 Å². The first kappa shape index (κ1) is 18.3. The lowest BCUT2D eigenvalue weighted by Gasteiger charge is -2.23. The fourth-order valence-corrected chi connectivity index (χ4v) is 2.77. The number of carbonyl (C=O) groups is 2. The largest absolute Gasteiger partial charge is 0.484 e. The number of ether oxygens (including phenoxy) is 1. The van der Waals surface area contributed by atoms with Crippen molar-refractivity contribution in [2.45, 2.75) is 33.6 Å². The molecule has 0 bridgehead atoms. The standard InChI is InChI=1S/C19H28N2O3/c1-15(2)13-18(22)20-9-4-10-21(12-11-20)19(23)14-24-17-7-5-16(3)6-8-17/h5-8,15H,4,9-14H2,1-3H3. The zero-order chi connectivity index (χ0) is 17.5. The van der Waals surface area contributed by atoms with Gasteiger partial charge in [-0.3, -0.25) is 9.59 Å². The fourth-order valence-electron chi connectivity index (χ4n) is 2.77. The van der Waals surface area contributed by atoms with Crippen LogP contribution in [0.3, 0.4) is 0 Å². The minimum absolute atomic E-state index is 0.0197. The molecule has 0 saturated carbocycles. The Morgan fingerprint density at radius 2 is 1.58 bits per heavy atom. The van der Waals surface area contributed by atoms with Crippen molar-refractivity contribution in [2.24, 2.45) is 5.92 Å². The van der Waals surface area contributed by atoms with Gasteiger partial charge in [-0.25, -0.2) is 0 Å². The maximum atomic E-state index is 12.3. The normalized spacial score (nSPS) is 15.3. The van der Waals surface area contributed by atoms with E-state index in [1.165, 1.54) is 0 Å². The van der Waals surface area contributed by atoms with Gasteiger partial charge in [-0.2, -0.15) is 0 Å². The van der Waals surface area contributed by atoms with Crippen molar-refractivity contribution in [2.75, 3.05) is 32.8 Å². The number of carbonyl (C=O) groups excluding carboxylic acids is 2. The first-order chi connectivity index (χ1) is 11.5. The van der Waals surface area contributed by atoms with Gasteiger partial charge >= 0.3 is 0 Å². The Morgan fingerprint density at radius 1 is 1.00 bits per heavy atom. The second-order valence-corrected chi connectivity index (χ2v) is 6.81. The summed E-state index contributed by atoms with van der Waals surface area (Å²) in [5.74, 6) is 1.24. The smallest absolute Gasteiger partial charge is 0.260 e. The van der Waals surface area contributed by atoms with Gasteiger partial charge < -0.3 is 14.5 Å². The van der Waals surface area contributed by atoms with Crippen LogP contribution >= 0.6 is 0 Å². The van der Waals surface area contributed by atoms with Crippen LogP contribution in [-0.4, -0.2) is 54.4 Å². The lowest BCUT2D eigenvalue weighted by Crippen LogP contribution is -2.39. The maximum absolute atomic E-state index is 12.3. The van der Waals surface area contributed by atoms with Crippen LogP contribution in [0.5, 0.6) is 5.75 Å². The molecule has 0 aliphatic carbocycles. The SMILES string of the molecule is Cc1ccc(OCC(=O)N2CCCN(C(=O)CC(C)C)CC2)cc1. The molecule has 0 N–H and O–H groups in total. The Hall–Kier alpha value is -2.04. The predicted octanol–water partition coefficient (Wildman–Crippen LogP) is 2.48. The summed E-state index contributed by atoms with van der Waals surface area (Å²) in [4.78, 5) is 28.2. The van der Waals surface area contributed by atoms with Gasteiger partial charge in [0.25, 0.3) is 5.91 Å². The highest BCUT2D eigenvalue weighted by Crippen LogP contribution is 2.12. The van der Waals surface area contributed by atoms with Gasteiger partial charge in [0.1, 0.15) is 5.75 Å². The summed E-state index contributed by atoms with van der Waals surface area (Å²) >= 11 is 0. The zero-order valence-corrected chi connectivity index (χ0v) is 15.0. The first-order valence-electron chi connectivity index (χ1n) is 8.70. The number of hydrogen-bond acceptors (Lipinski definition) is 3. The molecule has 0 atom stereocenters. The highest BCUT2D eigenvalue weighted by atomic mass is 16.5. The Balaban J connectivity index is 1.81. The molecular weight excluding hydrogens is 304 g/mol. The quantitative estimate of drug-likeness (QED) is 0.832. The van der Waals surface area contributed by atoms with Crippen molar-refractivity contribution >= 4 is 11.8 Å². The van der Waals surface area contributed by atoms with Crippen LogP contribution < -0.4 is 4.74 Å². The number of hydrogen-bond donors (Lipinski definition) is 0. The van der Waals surface area contributed by atoms with E-state index in [9.17, 15) is 9.59 Å².